The molecular weight excluding hydrogens is 486 g/mol. The van der Waals surface area contributed by atoms with Crippen LogP contribution in [-0.2, 0) is 13.0 Å². The Kier molecular flexibility index (Phi) is 6.63. The summed E-state index contributed by atoms with van der Waals surface area (Å²) in [5.41, 5.74) is 5.76. The Hall–Kier alpha value is -4.78. The molecule has 0 radical (unpaired) electrons. The van der Waals surface area contributed by atoms with Gasteiger partial charge >= 0.3 is 6.03 Å². The van der Waals surface area contributed by atoms with Gasteiger partial charge in [-0.3, -0.25) is 0 Å². The van der Waals surface area contributed by atoms with Gasteiger partial charge in [-0.1, -0.05) is 55.5 Å². The molecule has 3 heterocycles. The second-order valence-corrected chi connectivity index (χ2v) is 9.48. The van der Waals surface area contributed by atoms with Crippen LogP contribution in [0.25, 0.3) is 11.5 Å². The summed E-state index contributed by atoms with van der Waals surface area (Å²) in [5.74, 6) is 1.74. The van der Waals surface area contributed by atoms with E-state index in [-0.39, 0.29) is 12.1 Å². The number of nitrogens with zero attached hydrogens (tertiary/aromatic N) is 4. The molecule has 0 saturated heterocycles. The summed E-state index contributed by atoms with van der Waals surface area (Å²) in [6, 6.07) is 31.5. The van der Waals surface area contributed by atoms with Crippen LogP contribution < -0.4 is 10.1 Å². The molecule has 1 unspecified atom stereocenters. The molecule has 7 nitrogen and oxygen atoms in total. The summed E-state index contributed by atoms with van der Waals surface area (Å²) in [4.78, 5) is 16.0. The average Bonchev–Trinajstić information content (AvgIpc) is 3.56. The van der Waals surface area contributed by atoms with Gasteiger partial charge < -0.3 is 19.5 Å². The molecule has 2 aromatic heterocycles. The molecular formula is C32H31N5O2. The number of amides is 2. The zero-order valence-corrected chi connectivity index (χ0v) is 22.1. The van der Waals surface area contributed by atoms with Gasteiger partial charge in [0, 0.05) is 17.4 Å². The molecule has 0 spiro atoms. The Labute approximate surface area is 228 Å². The van der Waals surface area contributed by atoms with E-state index in [4.69, 9.17) is 9.84 Å². The Balaban J connectivity index is 1.49. The van der Waals surface area contributed by atoms with E-state index in [0.717, 1.165) is 46.2 Å². The molecule has 0 saturated carbocycles. The second kappa shape index (κ2) is 10.5. The maximum Gasteiger partial charge on any atom is 0.322 e. The molecule has 39 heavy (non-hydrogen) atoms. The number of anilines is 1. The van der Waals surface area contributed by atoms with Gasteiger partial charge in [-0.2, -0.15) is 5.10 Å². The Bertz CT molecular complexity index is 1570. The molecule has 1 aliphatic rings. The monoisotopic (exact) mass is 517 g/mol. The van der Waals surface area contributed by atoms with Crippen molar-refractivity contribution in [2.45, 2.75) is 32.9 Å². The predicted molar refractivity (Wildman–Crippen MR) is 153 cm³/mol. The van der Waals surface area contributed by atoms with Gasteiger partial charge in [-0.15, -0.1) is 0 Å². The van der Waals surface area contributed by atoms with Gasteiger partial charge in [0.1, 0.15) is 11.6 Å². The van der Waals surface area contributed by atoms with Crippen molar-refractivity contribution in [1.29, 1.82) is 0 Å². The number of carbonyl (C=O) groups excluding carboxylic acids is 1. The van der Waals surface area contributed by atoms with Crippen molar-refractivity contribution in [3.05, 3.63) is 126 Å². The minimum Gasteiger partial charge on any atom is -0.494 e. The van der Waals surface area contributed by atoms with Crippen LogP contribution in [0.3, 0.4) is 0 Å². The first kappa shape index (κ1) is 24.6. The van der Waals surface area contributed by atoms with Crippen LogP contribution in [0, 0.1) is 0 Å². The normalized spacial score (nSPS) is 14.3. The van der Waals surface area contributed by atoms with E-state index in [2.05, 4.69) is 53.3 Å². The first-order valence-corrected chi connectivity index (χ1v) is 13.4. The van der Waals surface area contributed by atoms with Crippen molar-refractivity contribution in [3.8, 4) is 17.3 Å². The van der Waals surface area contributed by atoms with Crippen molar-refractivity contribution >= 4 is 11.7 Å². The van der Waals surface area contributed by atoms with E-state index >= 15 is 0 Å². The zero-order chi connectivity index (χ0) is 26.8. The third-order valence-corrected chi connectivity index (χ3v) is 7.10. The van der Waals surface area contributed by atoms with E-state index in [1.165, 1.54) is 0 Å². The van der Waals surface area contributed by atoms with Crippen molar-refractivity contribution in [2.24, 2.45) is 0 Å². The highest BCUT2D eigenvalue weighted by atomic mass is 16.5. The average molecular weight is 518 g/mol. The van der Waals surface area contributed by atoms with Gasteiger partial charge in [-0.05, 0) is 67.4 Å². The Morgan fingerprint density at radius 3 is 2.33 bits per heavy atom. The summed E-state index contributed by atoms with van der Waals surface area (Å²) in [6.07, 6.45) is 2.82. The summed E-state index contributed by atoms with van der Waals surface area (Å²) in [5, 5.41) is 8.16. The van der Waals surface area contributed by atoms with E-state index < -0.39 is 0 Å². The van der Waals surface area contributed by atoms with E-state index in [1.54, 1.807) is 0 Å². The Morgan fingerprint density at radius 2 is 1.64 bits per heavy atom. The quantitative estimate of drug-likeness (QED) is 0.271. The fourth-order valence-corrected chi connectivity index (χ4v) is 5.33. The molecule has 2 amide bonds. The highest BCUT2D eigenvalue weighted by molar-refractivity contribution is 5.90. The summed E-state index contributed by atoms with van der Waals surface area (Å²) < 4.78 is 9.77. The number of fused-ring (bicyclic) bond motifs is 3. The van der Waals surface area contributed by atoms with Crippen LogP contribution in [0.5, 0.6) is 5.75 Å². The maximum atomic E-state index is 14.1. The molecule has 1 aliphatic heterocycles. The lowest BCUT2D eigenvalue weighted by atomic mass is 10.0. The lowest BCUT2D eigenvalue weighted by Crippen LogP contribution is -2.38. The first-order valence-electron chi connectivity index (χ1n) is 13.4. The highest BCUT2D eigenvalue weighted by Crippen LogP contribution is 2.39. The van der Waals surface area contributed by atoms with Crippen LogP contribution in [-0.4, -0.2) is 31.9 Å². The third-order valence-electron chi connectivity index (χ3n) is 7.10. The SMILES string of the molecule is CCOc1ccc(NC(=O)N2Cc3c(CC)nn(-c4ccccc4)c3-n3cccc3C2c2ccccc2)cc1. The minimum atomic E-state index is -0.301. The lowest BCUT2D eigenvalue weighted by molar-refractivity contribution is 0.194. The molecule has 6 rings (SSSR count). The number of carbonyl (C=O) groups is 1. The van der Waals surface area contributed by atoms with Gasteiger partial charge in [0.05, 0.1) is 36.3 Å². The van der Waals surface area contributed by atoms with Gasteiger partial charge in [0.25, 0.3) is 0 Å². The molecule has 196 valence electrons. The maximum absolute atomic E-state index is 14.1. The smallest absolute Gasteiger partial charge is 0.322 e. The number of hydrogen-bond donors (Lipinski definition) is 1. The van der Waals surface area contributed by atoms with E-state index in [1.807, 2.05) is 83.2 Å². The van der Waals surface area contributed by atoms with E-state index in [0.29, 0.717) is 18.8 Å². The number of hydrogen-bond acceptors (Lipinski definition) is 3. The molecule has 0 fully saturated rings. The molecule has 0 bridgehead atoms. The minimum absolute atomic E-state index is 0.178. The van der Waals surface area contributed by atoms with Crippen LogP contribution in [0.15, 0.2) is 103 Å². The van der Waals surface area contributed by atoms with Crippen LogP contribution in [0.4, 0.5) is 10.5 Å². The third kappa shape index (κ3) is 4.56. The van der Waals surface area contributed by atoms with Gasteiger partial charge in [0.2, 0.25) is 0 Å². The van der Waals surface area contributed by atoms with Crippen LogP contribution >= 0.6 is 0 Å². The molecule has 7 heteroatoms. The van der Waals surface area contributed by atoms with Crippen LogP contribution in [0.2, 0.25) is 0 Å². The number of ether oxygens (including phenoxy) is 1. The van der Waals surface area contributed by atoms with Crippen molar-refractivity contribution in [1.82, 2.24) is 19.2 Å². The first-order chi connectivity index (χ1) is 19.2. The highest BCUT2D eigenvalue weighted by Gasteiger charge is 2.36. The lowest BCUT2D eigenvalue weighted by Gasteiger charge is -2.31. The fraction of sp³-hybridized carbons (Fsp3) is 0.188. The summed E-state index contributed by atoms with van der Waals surface area (Å²) in [6.45, 7) is 5.07. The largest absolute Gasteiger partial charge is 0.494 e. The Morgan fingerprint density at radius 1 is 0.923 bits per heavy atom. The summed E-state index contributed by atoms with van der Waals surface area (Å²) >= 11 is 0. The van der Waals surface area contributed by atoms with Crippen molar-refractivity contribution < 1.29 is 9.53 Å². The molecule has 1 atom stereocenters. The predicted octanol–water partition coefficient (Wildman–Crippen LogP) is 6.76. The molecule has 0 aliphatic carbocycles. The molecule has 5 aromatic rings. The number of urea groups is 1. The van der Waals surface area contributed by atoms with Gasteiger partial charge in [0.15, 0.2) is 0 Å². The topological polar surface area (TPSA) is 64.3 Å². The van der Waals surface area contributed by atoms with Crippen molar-refractivity contribution in [2.75, 3.05) is 11.9 Å². The summed E-state index contributed by atoms with van der Waals surface area (Å²) in [7, 11) is 0. The van der Waals surface area contributed by atoms with Crippen LogP contribution in [0.1, 0.15) is 42.4 Å². The van der Waals surface area contributed by atoms with Gasteiger partial charge in [-0.25, -0.2) is 9.48 Å². The number of benzene rings is 3. The second-order valence-electron chi connectivity index (χ2n) is 9.48. The van der Waals surface area contributed by atoms with E-state index in [9.17, 15) is 4.79 Å². The standard InChI is InChI=1S/C32H31N5O2/c1-3-28-27-22-36(32(38)33-24-17-19-26(20-18-24)39-4-2)30(23-12-7-5-8-13-23)29-16-11-21-35(29)31(27)37(34-28)25-14-9-6-10-15-25/h5-21,30H,3-4,22H2,1-2H3,(H,33,38). The zero-order valence-electron chi connectivity index (χ0n) is 22.1. The number of nitrogens with one attached hydrogen (secondary N) is 1. The number of rotatable bonds is 6. The number of aryl methyl sites for hydroxylation is 1. The number of para-hydroxylation sites is 1. The molecule has 1 N–H and O–H groups in total. The molecule has 3 aromatic carbocycles. The number of aromatic nitrogens is 3. The van der Waals surface area contributed by atoms with Crippen molar-refractivity contribution in [3.63, 3.8) is 0 Å². The fourth-order valence-electron chi connectivity index (χ4n) is 5.33.